The van der Waals surface area contributed by atoms with Crippen molar-refractivity contribution in [3.05, 3.63) is 69.4 Å². The van der Waals surface area contributed by atoms with Gasteiger partial charge >= 0.3 is 0 Å². The van der Waals surface area contributed by atoms with Gasteiger partial charge in [-0.1, -0.05) is 37.3 Å². The van der Waals surface area contributed by atoms with Gasteiger partial charge in [0.25, 0.3) is 0 Å². The molecule has 1 nitrogen and oxygen atoms in total. The highest BCUT2D eigenvalue weighted by atomic mass is 79.9. The van der Waals surface area contributed by atoms with Crippen LogP contribution >= 0.6 is 15.9 Å². The molecule has 2 rings (SSSR count). The van der Waals surface area contributed by atoms with Crippen LogP contribution in [0.15, 0.2) is 46.9 Å². The molecule has 0 spiro atoms. The largest absolute Gasteiger partial charge is 0.320 e. The fraction of sp³-hybridized carbons (Fsp3) is 0.200. The summed E-state index contributed by atoms with van der Waals surface area (Å²) in [6.45, 7) is 2.12. The molecule has 0 saturated carbocycles. The van der Waals surface area contributed by atoms with E-state index in [-0.39, 0.29) is 11.9 Å². The Labute approximate surface area is 115 Å². The van der Waals surface area contributed by atoms with Gasteiger partial charge in [0, 0.05) is 0 Å². The van der Waals surface area contributed by atoms with E-state index < -0.39 is 0 Å². The molecule has 0 fully saturated rings. The summed E-state index contributed by atoms with van der Waals surface area (Å²) in [5.41, 5.74) is 9.40. The minimum Gasteiger partial charge on any atom is -0.320 e. The van der Waals surface area contributed by atoms with Gasteiger partial charge in [0.15, 0.2) is 0 Å². The highest BCUT2D eigenvalue weighted by molar-refractivity contribution is 9.10. The zero-order valence-corrected chi connectivity index (χ0v) is 11.7. The number of benzene rings is 2. The van der Waals surface area contributed by atoms with E-state index >= 15 is 0 Å². The monoisotopic (exact) mass is 307 g/mol. The van der Waals surface area contributed by atoms with Crippen LogP contribution in [-0.2, 0) is 6.42 Å². The Balaban J connectivity index is 2.28. The number of halogens is 2. The van der Waals surface area contributed by atoms with Crippen LogP contribution < -0.4 is 5.73 Å². The molecule has 0 amide bonds. The molecule has 94 valence electrons. The van der Waals surface area contributed by atoms with Crippen LogP contribution in [0.3, 0.4) is 0 Å². The number of nitrogens with two attached hydrogens (primary N) is 1. The van der Waals surface area contributed by atoms with Gasteiger partial charge < -0.3 is 5.73 Å². The van der Waals surface area contributed by atoms with E-state index in [1.54, 1.807) is 12.1 Å². The molecule has 18 heavy (non-hydrogen) atoms. The summed E-state index contributed by atoms with van der Waals surface area (Å²) in [4.78, 5) is 0. The van der Waals surface area contributed by atoms with Gasteiger partial charge in [0.05, 0.1) is 10.5 Å². The maximum Gasteiger partial charge on any atom is 0.137 e. The van der Waals surface area contributed by atoms with E-state index in [0.29, 0.717) is 4.47 Å². The van der Waals surface area contributed by atoms with E-state index in [1.807, 2.05) is 12.1 Å². The molecule has 0 aliphatic rings. The van der Waals surface area contributed by atoms with Crippen molar-refractivity contribution in [3.63, 3.8) is 0 Å². The van der Waals surface area contributed by atoms with E-state index in [2.05, 4.69) is 35.0 Å². The standard InChI is InChI=1S/C15H15BrFN/c1-2-10-3-5-11(6-4-10)15(18)12-7-8-14(17)13(16)9-12/h3-9,15H,2,18H2,1H3. The Kier molecular flexibility index (Phi) is 4.15. The first-order valence-corrected chi connectivity index (χ1v) is 6.70. The lowest BCUT2D eigenvalue weighted by molar-refractivity contribution is 0.619. The molecule has 0 saturated heterocycles. The fourth-order valence-electron chi connectivity index (χ4n) is 1.86. The summed E-state index contributed by atoms with van der Waals surface area (Å²) in [5.74, 6) is -0.271. The summed E-state index contributed by atoms with van der Waals surface area (Å²) < 4.78 is 13.6. The maximum absolute atomic E-state index is 13.2. The smallest absolute Gasteiger partial charge is 0.137 e. The molecule has 2 aromatic rings. The maximum atomic E-state index is 13.2. The van der Waals surface area contributed by atoms with Crippen molar-refractivity contribution in [3.8, 4) is 0 Å². The van der Waals surface area contributed by atoms with E-state index in [1.165, 1.54) is 11.6 Å². The Morgan fingerprint density at radius 1 is 1.11 bits per heavy atom. The highest BCUT2D eigenvalue weighted by Gasteiger charge is 2.10. The average Bonchev–Trinajstić information content (AvgIpc) is 2.41. The van der Waals surface area contributed by atoms with Gasteiger partial charge in [-0.25, -0.2) is 4.39 Å². The first-order valence-electron chi connectivity index (χ1n) is 5.91. The van der Waals surface area contributed by atoms with Crippen molar-refractivity contribution < 1.29 is 4.39 Å². The summed E-state index contributed by atoms with van der Waals surface area (Å²) in [6, 6.07) is 12.9. The molecular weight excluding hydrogens is 293 g/mol. The van der Waals surface area contributed by atoms with Gasteiger partial charge in [-0.05, 0) is 51.2 Å². The molecule has 0 aromatic heterocycles. The van der Waals surface area contributed by atoms with Gasteiger partial charge in [0.1, 0.15) is 5.82 Å². The third-order valence-electron chi connectivity index (χ3n) is 3.05. The molecule has 0 radical (unpaired) electrons. The van der Waals surface area contributed by atoms with Crippen LogP contribution in [0.5, 0.6) is 0 Å². The topological polar surface area (TPSA) is 26.0 Å². The van der Waals surface area contributed by atoms with Crippen molar-refractivity contribution in [1.29, 1.82) is 0 Å². The molecule has 0 bridgehead atoms. The molecule has 0 aliphatic carbocycles. The van der Waals surface area contributed by atoms with Gasteiger partial charge in [-0.15, -0.1) is 0 Å². The van der Waals surface area contributed by atoms with Crippen molar-refractivity contribution in [2.75, 3.05) is 0 Å². The van der Waals surface area contributed by atoms with Gasteiger partial charge in [-0.2, -0.15) is 0 Å². The lowest BCUT2D eigenvalue weighted by atomic mass is 9.98. The lowest BCUT2D eigenvalue weighted by Crippen LogP contribution is -2.12. The lowest BCUT2D eigenvalue weighted by Gasteiger charge is -2.13. The van der Waals surface area contributed by atoms with Crippen molar-refractivity contribution in [2.24, 2.45) is 5.73 Å². The molecule has 0 heterocycles. The summed E-state index contributed by atoms with van der Waals surface area (Å²) in [6.07, 6.45) is 1.01. The van der Waals surface area contributed by atoms with Gasteiger partial charge in [0.2, 0.25) is 0 Å². The Morgan fingerprint density at radius 2 is 1.72 bits per heavy atom. The van der Waals surface area contributed by atoms with E-state index in [0.717, 1.165) is 17.5 Å². The van der Waals surface area contributed by atoms with Crippen LogP contribution in [0.4, 0.5) is 4.39 Å². The van der Waals surface area contributed by atoms with Crippen molar-refractivity contribution in [1.82, 2.24) is 0 Å². The van der Waals surface area contributed by atoms with Crippen molar-refractivity contribution in [2.45, 2.75) is 19.4 Å². The zero-order chi connectivity index (χ0) is 13.1. The van der Waals surface area contributed by atoms with Crippen molar-refractivity contribution >= 4 is 15.9 Å². The second kappa shape index (κ2) is 5.63. The summed E-state index contributed by atoms with van der Waals surface area (Å²) in [7, 11) is 0. The fourth-order valence-corrected chi connectivity index (χ4v) is 2.26. The third kappa shape index (κ3) is 2.79. The first kappa shape index (κ1) is 13.2. The van der Waals surface area contributed by atoms with Crippen LogP contribution in [0.2, 0.25) is 0 Å². The number of hydrogen-bond acceptors (Lipinski definition) is 1. The number of hydrogen-bond donors (Lipinski definition) is 1. The normalized spacial score (nSPS) is 12.4. The first-order chi connectivity index (χ1) is 8.61. The molecular formula is C15H15BrFN. The molecule has 0 aliphatic heterocycles. The molecule has 3 heteroatoms. The van der Waals surface area contributed by atoms with Crippen LogP contribution in [0.1, 0.15) is 29.7 Å². The van der Waals surface area contributed by atoms with Crippen LogP contribution in [-0.4, -0.2) is 0 Å². The summed E-state index contributed by atoms with van der Waals surface area (Å²) >= 11 is 3.18. The molecule has 1 atom stereocenters. The number of aryl methyl sites for hydroxylation is 1. The third-order valence-corrected chi connectivity index (χ3v) is 3.66. The predicted octanol–water partition coefficient (Wildman–Crippen LogP) is 4.20. The average molecular weight is 308 g/mol. The molecule has 2 N–H and O–H groups in total. The van der Waals surface area contributed by atoms with Crippen LogP contribution in [0.25, 0.3) is 0 Å². The van der Waals surface area contributed by atoms with E-state index in [9.17, 15) is 4.39 Å². The molecule has 1 unspecified atom stereocenters. The Morgan fingerprint density at radius 3 is 2.28 bits per heavy atom. The van der Waals surface area contributed by atoms with Crippen LogP contribution in [0, 0.1) is 5.82 Å². The SMILES string of the molecule is CCc1ccc(C(N)c2ccc(F)c(Br)c2)cc1. The summed E-state index contributed by atoms with van der Waals surface area (Å²) in [5, 5.41) is 0. The van der Waals surface area contributed by atoms with Gasteiger partial charge in [-0.3, -0.25) is 0 Å². The zero-order valence-electron chi connectivity index (χ0n) is 10.2. The second-order valence-electron chi connectivity index (χ2n) is 4.25. The second-order valence-corrected chi connectivity index (χ2v) is 5.10. The number of rotatable bonds is 3. The predicted molar refractivity (Wildman–Crippen MR) is 76.0 cm³/mol. The Bertz CT molecular complexity index is 537. The molecule has 2 aromatic carbocycles. The Hall–Kier alpha value is -1.19. The minimum atomic E-state index is -0.271. The highest BCUT2D eigenvalue weighted by Crippen LogP contribution is 2.24. The van der Waals surface area contributed by atoms with E-state index in [4.69, 9.17) is 5.73 Å². The minimum absolute atomic E-state index is 0.229. The quantitative estimate of drug-likeness (QED) is 0.903.